The van der Waals surface area contributed by atoms with Crippen LogP contribution in [0.15, 0.2) is 24.3 Å². The second-order valence-corrected chi connectivity index (χ2v) is 7.65. The number of hydrogen-bond acceptors (Lipinski definition) is 2. The molecule has 0 aliphatic carbocycles. The molecule has 1 rings (SSSR count). The first-order valence-electron chi connectivity index (χ1n) is 7.19. The molecular formula is C18H27NO2. The summed E-state index contributed by atoms with van der Waals surface area (Å²) in [4.78, 5) is 11.8. The van der Waals surface area contributed by atoms with Crippen molar-refractivity contribution in [2.24, 2.45) is 0 Å². The number of carbonyl (C=O) groups is 1. The van der Waals surface area contributed by atoms with E-state index in [-0.39, 0.29) is 16.7 Å². The van der Waals surface area contributed by atoms with Crippen LogP contribution >= 0.6 is 0 Å². The molecule has 0 aromatic heterocycles. The summed E-state index contributed by atoms with van der Waals surface area (Å²) in [5.41, 5.74) is 2.37. The van der Waals surface area contributed by atoms with Crippen molar-refractivity contribution in [1.82, 2.24) is 0 Å². The Bertz CT molecular complexity index is 537. The largest absolute Gasteiger partial charge is 0.507 e. The predicted molar refractivity (Wildman–Crippen MR) is 89.0 cm³/mol. The Morgan fingerprint density at radius 3 is 1.71 bits per heavy atom. The Kier molecular flexibility index (Phi) is 4.57. The molecule has 1 amide bonds. The molecule has 2 N–H and O–H groups in total. The molecule has 0 radical (unpaired) electrons. The van der Waals surface area contributed by atoms with Crippen molar-refractivity contribution in [1.29, 1.82) is 0 Å². The van der Waals surface area contributed by atoms with Gasteiger partial charge >= 0.3 is 0 Å². The summed E-state index contributed by atoms with van der Waals surface area (Å²) < 4.78 is 0. The van der Waals surface area contributed by atoms with Gasteiger partial charge in [-0.1, -0.05) is 48.1 Å². The number of amides is 1. The number of phenols is 1. The van der Waals surface area contributed by atoms with Crippen LogP contribution in [0, 0.1) is 0 Å². The normalized spacial score (nSPS) is 12.1. The minimum Gasteiger partial charge on any atom is -0.507 e. The lowest BCUT2D eigenvalue weighted by atomic mass is 9.79. The molecule has 0 saturated carbocycles. The van der Waals surface area contributed by atoms with Gasteiger partial charge < -0.3 is 10.4 Å². The predicted octanol–water partition coefficient (Wildman–Crippen LogP) is 4.50. The van der Waals surface area contributed by atoms with Crippen molar-refractivity contribution in [2.45, 2.75) is 59.3 Å². The smallest absolute Gasteiger partial charge is 0.250 e. The monoisotopic (exact) mass is 289 g/mol. The third-order valence-corrected chi connectivity index (χ3v) is 3.37. The highest BCUT2D eigenvalue weighted by atomic mass is 16.3. The Hall–Kier alpha value is -1.77. The van der Waals surface area contributed by atoms with Gasteiger partial charge in [-0.15, -0.1) is 0 Å². The third kappa shape index (κ3) is 4.10. The first-order chi connectivity index (χ1) is 9.34. The van der Waals surface area contributed by atoms with Crippen LogP contribution in [0.3, 0.4) is 0 Å². The highest BCUT2D eigenvalue weighted by Gasteiger charge is 2.26. The Balaban J connectivity index is 3.48. The van der Waals surface area contributed by atoms with Crippen LogP contribution < -0.4 is 5.32 Å². The number of phenolic OH excluding ortho intramolecular Hbond substituents is 1. The molecule has 0 fully saturated rings. The molecule has 1 aromatic rings. The maximum Gasteiger partial charge on any atom is 0.250 e. The maximum atomic E-state index is 11.8. The first-order valence-corrected chi connectivity index (χ1v) is 7.19. The van der Waals surface area contributed by atoms with E-state index in [2.05, 4.69) is 11.9 Å². The van der Waals surface area contributed by atoms with E-state index in [9.17, 15) is 9.90 Å². The molecule has 0 bridgehead atoms. The van der Waals surface area contributed by atoms with E-state index >= 15 is 0 Å². The second-order valence-electron chi connectivity index (χ2n) is 7.65. The minimum atomic E-state index is -0.214. The summed E-state index contributed by atoms with van der Waals surface area (Å²) in [7, 11) is 0. The Labute approximate surface area is 128 Å². The van der Waals surface area contributed by atoms with Gasteiger partial charge in [-0.2, -0.15) is 0 Å². The molecule has 3 heteroatoms. The summed E-state index contributed by atoms with van der Waals surface area (Å²) in [6, 6.07) is 3.68. The Morgan fingerprint density at radius 1 is 1.05 bits per heavy atom. The molecule has 116 valence electrons. The van der Waals surface area contributed by atoms with Gasteiger partial charge in [0.15, 0.2) is 0 Å². The zero-order chi connectivity index (χ0) is 16.6. The number of nitrogens with one attached hydrogen (secondary N) is 1. The van der Waals surface area contributed by atoms with Crippen LogP contribution in [0.2, 0.25) is 0 Å². The van der Waals surface area contributed by atoms with Crippen LogP contribution in [-0.4, -0.2) is 11.0 Å². The highest BCUT2D eigenvalue weighted by molar-refractivity contribution is 6.03. The lowest BCUT2D eigenvalue weighted by molar-refractivity contribution is -0.112. The minimum absolute atomic E-state index is 0.208. The van der Waals surface area contributed by atoms with E-state index < -0.39 is 0 Å². The summed E-state index contributed by atoms with van der Waals surface area (Å²) in [5.74, 6) is 0.101. The summed E-state index contributed by atoms with van der Waals surface area (Å²) >= 11 is 0. The van der Waals surface area contributed by atoms with Crippen molar-refractivity contribution in [3.05, 3.63) is 35.4 Å². The number of rotatable bonds is 2. The second kappa shape index (κ2) is 5.55. The van der Waals surface area contributed by atoms with Crippen LogP contribution in [0.1, 0.15) is 59.6 Å². The molecule has 0 aliphatic heterocycles. The molecular weight excluding hydrogens is 262 g/mol. The van der Waals surface area contributed by atoms with Crippen molar-refractivity contribution in [2.75, 3.05) is 5.32 Å². The number of aromatic hydroxyl groups is 1. The van der Waals surface area contributed by atoms with Crippen LogP contribution in [0.4, 0.5) is 5.69 Å². The van der Waals surface area contributed by atoms with E-state index in [4.69, 9.17) is 0 Å². The number of anilines is 1. The lowest BCUT2D eigenvalue weighted by Gasteiger charge is -2.28. The standard InChI is InChI=1S/C18H27NO2/c1-11(2)16(21)19-12-9-13(17(3,4)5)15(20)14(10-12)18(6,7)8/h9-10,20H,1H2,2-8H3,(H,19,21). The average molecular weight is 289 g/mol. The lowest BCUT2D eigenvalue weighted by Crippen LogP contribution is -2.19. The number of hydrogen-bond donors (Lipinski definition) is 2. The number of carbonyl (C=O) groups excluding carboxylic acids is 1. The Morgan fingerprint density at radius 2 is 1.43 bits per heavy atom. The van der Waals surface area contributed by atoms with Gasteiger partial charge in [0.05, 0.1) is 0 Å². The van der Waals surface area contributed by atoms with Gasteiger partial charge in [0.2, 0.25) is 0 Å². The molecule has 21 heavy (non-hydrogen) atoms. The summed E-state index contributed by atoms with van der Waals surface area (Å²) in [5, 5.41) is 13.4. The maximum absolute atomic E-state index is 11.8. The van der Waals surface area contributed by atoms with E-state index in [1.165, 1.54) is 0 Å². The van der Waals surface area contributed by atoms with Crippen molar-refractivity contribution in [3.8, 4) is 5.75 Å². The van der Waals surface area contributed by atoms with Crippen molar-refractivity contribution < 1.29 is 9.90 Å². The fraction of sp³-hybridized carbons (Fsp3) is 0.500. The molecule has 0 spiro atoms. The van der Waals surface area contributed by atoms with Gasteiger partial charge in [-0.3, -0.25) is 4.79 Å². The molecule has 3 nitrogen and oxygen atoms in total. The molecule has 0 atom stereocenters. The molecule has 0 unspecified atom stereocenters. The van der Waals surface area contributed by atoms with Gasteiger partial charge in [-0.05, 0) is 29.9 Å². The van der Waals surface area contributed by atoms with E-state index in [1.807, 2.05) is 53.7 Å². The fourth-order valence-electron chi connectivity index (χ4n) is 2.09. The molecule has 0 aliphatic rings. The zero-order valence-electron chi connectivity index (χ0n) is 14.2. The topological polar surface area (TPSA) is 49.3 Å². The van der Waals surface area contributed by atoms with E-state index in [0.29, 0.717) is 17.0 Å². The number of benzene rings is 1. The van der Waals surface area contributed by atoms with Crippen molar-refractivity contribution in [3.63, 3.8) is 0 Å². The molecule has 0 saturated heterocycles. The SMILES string of the molecule is C=C(C)C(=O)Nc1cc(C(C)(C)C)c(O)c(C(C)(C)C)c1. The van der Waals surface area contributed by atoms with Crippen molar-refractivity contribution >= 4 is 11.6 Å². The molecule has 1 aromatic carbocycles. The van der Waals surface area contributed by atoms with Gasteiger partial charge in [0.1, 0.15) is 5.75 Å². The third-order valence-electron chi connectivity index (χ3n) is 3.37. The van der Waals surface area contributed by atoms with Crippen LogP contribution in [0.25, 0.3) is 0 Å². The van der Waals surface area contributed by atoms with Crippen LogP contribution in [0.5, 0.6) is 5.75 Å². The summed E-state index contributed by atoms with van der Waals surface area (Å²) in [6.07, 6.45) is 0. The van der Waals surface area contributed by atoms with E-state index in [0.717, 1.165) is 11.1 Å². The zero-order valence-corrected chi connectivity index (χ0v) is 14.2. The molecule has 0 heterocycles. The van der Waals surface area contributed by atoms with Gasteiger partial charge in [0.25, 0.3) is 5.91 Å². The highest BCUT2D eigenvalue weighted by Crippen LogP contribution is 2.41. The van der Waals surface area contributed by atoms with Gasteiger partial charge in [-0.25, -0.2) is 0 Å². The average Bonchev–Trinajstić information content (AvgIpc) is 2.27. The quantitative estimate of drug-likeness (QED) is 0.622. The summed E-state index contributed by atoms with van der Waals surface area (Å²) in [6.45, 7) is 17.6. The van der Waals surface area contributed by atoms with Gasteiger partial charge in [0, 0.05) is 22.4 Å². The first kappa shape index (κ1) is 17.3. The van der Waals surface area contributed by atoms with Crippen LogP contribution in [-0.2, 0) is 15.6 Å². The fourth-order valence-corrected chi connectivity index (χ4v) is 2.09. The van der Waals surface area contributed by atoms with E-state index in [1.54, 1.807) is 6.92 Å².